The van der Waals surface area contributed by atoms with Gasteiger partial charge in [-0.3, -0.25) is 4.79 Å². The molecule has 1 aliphatic heterocycles. The summed E-state index contributed by atoms with van der Waals surface area (Å²) in [7, 11) is 0.179. The van der Waals surface area contributed by atoms with Gasteiger partial charge < -0.3 is 15.0 Å². The van der Waals surface area contributed by atoms with Crippen molar-refractivity contribution >= 4 is 25.1 Å². The second-order valence-corrected chi connectivity index (χ2v) is 14.1. The van der Waals surface area contributed by atoms with Gasteiger partial charge in [0.25, 0.3) is 0 Å². The third kappa shape index (κ3) is 5.53. The summed E-state index contributed by atoms with van der Waals surface area (Å²) in [6.07, 6.45) is 0.226. The smallest absolute Gasteiger partial charge is 0.318 e. The van der Waals surface area contributed by atoms with E-state index in [2.05, 4.69) is 43.2 Å². The predicted molar refractivity (Wildman–Crippen MR) is 123 cm³/mol. The Kier molecular flexibility index (Phi) is 6.81. The number of carbonyl (C=O) groups is 2. The monoisotopic (exact) mass is 435 g/mol. The Hall–Kier alpha value is -3.11. The van der Waals surface area contributed by atoms with E-state index in [1.54, 1.807) is 36.3 Å². The number of likely N-dealkylation sites (tertiary alicyclic amines) is 1. The Morgan fingerprint density at radius 3 is 2.26 bits per heavy atom. The first kappa shape index (κ1) is 22.6. The van der Waals surface area contributed by atoms with Crippen molar-refractivity contribution in [2.75, 3.05) is 20.2 Å². The van der Waals surface area contributed by atoms with Gasteiger partial charge >= 0.3 is 6.03 Å². The molecule has 0 spiro atoms. The molecule has 1 aliphatic rings. The van der Waals surface area contributed by atoms with Crippen LogP contribution in [0.3, 0.4) is 0 Å². The molecule has 0 radical (unpaired) electrons. The van der Waals surface area contributed by atoms with Crippen LogP contribution in [0.15, 0.2) is 48.5 Å². The summed E-state index contributed by atoms with van der Waals surface area (Å²) in [4.78, 5) is 27.4. The van der Waals surface area contributed by atoms with Gasteiger partial charge in [-0.05, 0) is 23.3 Å². The van der Waals surface area contributed by atoms with Crippen LogP contribution >= 0.6 is 0 Å². The van der Waals surface area contributed by atoms with Crippen molar-refractivity contribution in [3.8, 4) is 11.8 Å². The molecule has 1 heterocycles. The first-order valence-electron chi connectivity index (χ1n) is 10.4. The number of carbonyl (C=O) groups excluding carboxylic acids is 2. The van der Waals surface area contributed by atoms with E-state index in [0.717, 1.165) is 5.56 Å². The van der Waals surface area contributed by atoms with E-state index in [-0.39, 0.29) is 24.2 Å². The normalized spacial score (nSPS) is 14.9. The van der Waals surface area contributed by atoms with Crippen LogP contribution in [-0.2, 0) is 11.2 Å². The number of nitrogens with one attached hydrogen (secondary N) is 1. The molecule has 1 fully saturated rings. The van der Waals surface area contributed by atoms with Gasteiger partial charge in [-0.15, -0.1) is 0 Å². The SMILES string of the molecule is COc1ccc(C(NC(=O)N2CC(C#N)C2)C(=O)Cc2ccc([Si](C)(C)C)cc2)cc1. The Morgan fingerprint density at radius 1 is 1.13 bits per heavy atom. The van der Waals surface area contributed by atoms with Gasteiger partial charge in [0.2, 0.25) is 0 Å². The molecular formula is C24H29N3O3Si. The molecule has 7 heteroatoms. The highest BCUT2D eigenvalue weighted by atomic mass is 28.3. The summed E-state index contributed by atoms with van der Waals surface area (Å²) in [6.45, 7) is 7.65. The van der Waals surface area contributed by atoms with E-state index in [4.69, 9.17) is 10.00 Å². The van der Waals surface area contributed by atoms with Crippen molar-refractivity contribution in [1.29, 1.82) is 5.26 Å². The lowest BCUT2D eigenvalue weighted by Gasteiger charge is -2.36. The Balaban J connectivity index is 1.77. The van der Waals surface area contributed by atoms with Gasteiger partial charge in [-0.1, -0.05) is 61.2 Å². The molecule has 6 nitrogen and oxygen atoms in total. The number of Topliss-reactive ketones (excluding diaryl/α,β-unsaturated/α-hetero) is 1. The summed E-state index contributed by atoms with van der Waals surface area (Å²) in [5.41, 5.74) is 1.63. The summed E-state index contributed by atoms with van der Waals surface area (Å²) in [5, 5.41) is 13.2. The molecular weight excluding hydrogens is 406 g/mol. The van der Waals surface area contributed by atoms with E-state index in [0.29, 0.717) is 24.4 Å². The largest absolute Gasteiger partial charge is 0.497 e. The van der Waals surface area contributed by atoms with Gasteiger partial charge in [-0.2, -0.15) is 5.26 Å². The molecule has 0 bridgehead atoms. The first-order chi connectivity index (χ1) is 14.7. The maximum absolute atomic E-state index is 13.2. The number of methoxy groups -OCH3 is 1. The van der Waals surface area contributed by atoms with Crippen molar-refractivity contribution < 1.29 is 14.3 Å². The van der Waals surface area contributed by atoms with Crippen LogP contribution in [0.2, 0.25) is 19.6 Å². The van der Waals surface area contributed by atoms with Crippen LogP contribution in [0.25, 0.3) is 0 Å². The van der Waals surface area contributed by atoms with Crippen LogP contribution < -0.4 is 15.2 Å². The standard InChI is InChI=1S/C24H29N3O3Si/c1-30-20-9-7-19(8-10-20)23(26-24(29)27-15-18(14-25)16-27)22(28)13-17-5-11-21(12-6-17)31(2,3)4/h5-12,18,23H,13,15-16H2,1-4H3,(H,26,29). The fourth-order valence-electron chi connectivity index (χ4n) is 3.51. The highest BCUT2D eigenvalue weighted by Crippen LogP contribution is 2.22. The molecule has 0 aliphatic carbocycles. The number of hydrogen-bond donors (Lipinski definition) is 1. The molecule has 3 rings (SSSR count). The van der Waals surface area contributed by atoms with Gasteiger partial charge in [0.05, 0.1) is 27.2 Å². The molecule has 1 unspecified atom stereocenters. The van der Waals surface area contributed by atoms with Crippen LogP contribution in [-0.4, -0.2) is 45.0 Å². The quantitative estimate of drug-likeness (QED) is 0.677. The molecule has 1 N–H and O–H groups in total. The molecule has 2 aromatic carbocycles. The van der Waals surface area contributed by atoms with Crippen LogP contribution in [0.5, 0.6) is 5.75 Å². The molecule has 162 valence electrons. The molecule has 0 saturated carbocycles. The van der Waals surface area contributed by atoms with E-state index in [1.807, 2.05) is 12.1 Å². The van der Waals surface area contributed by atoms with Gasteiger partial charge in [0.15, 0.2) is 5.78 Å². The number of rotatable bonds is 7. The zero-order chi connectivity index (χ0) is 22.6. The van der Waals surface area contributed by atoms with Crippen molar-refractivity contribution in [2.45, 2.75) is 32.1 Å². The maximum atomic E-state index is 13.2. The average molecular weight is 436 g/mol. The fraction of sp³-hybridized carbons (Fsp3) is 0.375. The minimum absolute atomic E-state index is 0.0865. The second kappa shape index (κ2) is 9.35. The number of amides is 2. The maximum Gasteiger partial charge on any atom is 0.318 e. The third-order valence-electron chi connectivity index (χ3n) is 5.59. The number of ketones is 1. The topological polar surface area (TPSA) is 82.4 Å². The van der Waals surface area contributed by atoms with E-state index >= 15 is 0 Å². The van der Waals surface area contributed by atoms with Gasteiger partial charge in [-0.25, -0.2) is 4.79 Å². The Morgan fingerprint density at radius 2 is 1.74 bits per heavy atom. The first-order valence-corrected chi connectivity index (χ1v) is 13.9. The number of benzene rings is 2. The number of nitriles is 1. The highest BCUT2D eigenvalue weighted by Gasteiger charge is 2.33. The lowest BCUT2D eigenvalue weighted by Crippen LogP contribution is -2.54. The summed E-state index contributed by atoms with van der Waals surface area (Å²) >= 11 is 0. The lowest BCUT2D eigenvalue weighted by atomic mass is 9.97. The van der Waals surface area contributed by atoms with E-state index < -0.39 is 14.1 Å². The minimum Gasteiger partial charge on any atom is -0.497 e. The minimum atomic E-state index is -1.40. The summed E-state index contributed by atoms with van der Waals surface area (Å²) in [5.74, 6) is 0.463. The van der Waals surface area contributed by atoms with Crippen molar-refractivity contribution in [2.24, 2.45) is 5.92 Å². The molecule has 1 saturated heterocycles. The Bertz CT molecular complexity index is 969. The third-order valence-corrected chi connectivity index (χ3v) is 7.65. The Labute approximate surface area is 184 Å². The average Bonchev–Trinajstić information content (AvgIpc) is 2.71. The van der Waals surface area contributed by atoms with E-state index in [9.17, 15) is 9.59 Å². The van der Waals surface area contributed by atoms with Crippen LogP contribution in [0.4, 0.5) is 4.79 Å². The molecule has 31 heavy (non-hydrogen) atoms. The molecule has 1 atom stereocenters. The van der Waals surface area contributed by atoms with Crippen LogP contribution in [0, 0.1) is 17.2 Å². The predicted octanol–water partition coefficient (Wildman–Crippen LogP) is 3.26. The van der Waals surface area contributed by atoms with Gasteiger partial charge in [0.1, 0.15) is 11.8 Å². The second-order valence-electron chi connectivity index (χ2n) is 8.98. The molecule has 2 amide bonds. The van der Waals surface area contributed by atoms with Crippen molar-refractivity contribution in [3.05, 3.63) is 59.7 Å². The fourth-order valence-corrected chi connectivity index (χ4v) is 4.68. The zero-order valence-electron chi connectivity index (χ0n) is 18.5. The number of urea groups is 1. The van der Waals surface area contributed by atoms with Crippen molar-refractivity contribution in [3.63, 3.8) is 0 Å². The van der Waals surface area contributed by atoms with Crippen LogP contribution in [0.1, 0.15) is 17.2 Å². The highest BCUT2D eigenvalue weighted by molar-refractivity contribution is 6.88. The zero-order valence-corrected chi connectivity index (χ0v) is 19.5. The molecule has 0 aromatic heterocycles. The summed E-state index contributed by atoms with van der Waals surface area (Å²) in [6, 6.07) is 16.4. The van der Waals surface area contributed by atoms with Crippen molar-refractivity contribution in [1.82, 2.24) is 10.2 Å². The summed E-state index contributed by atoms with van der Waals surface area (Å²) < 4.78 is 5.21. The van der Waals surface area contributed by atoms with E-state index in [1.165, 1.54) is 5.19 Å². The number of hydrogen-bond acceptors (Lipinski definition) is 4. The number of ether oxygens (including phenoxy) is 1. The number of nitrogens with zero attached hydrogens (tertiary/aromatic N) is 2. The molecule has 2 aromatic rings. The van der Waals surface area contributed by atoms with Gasteiger partial charge in [0, 0.05) is 19.5 Å². The lowest BCUT2D eigenvalue weighted by molar-refractivity contribution is -0.120.